The minimum absolute atomic E-state index is 0. The molecule has 0 amide bonds. The molecule has 0 radical (unpaired) electrons. The smallest absolute Gasteiger partial charge is 0 e. The monoisotopic (exact) mass is 362 g/mol. The third-order valence-electron chi connectivity index (χ3n) is 0. The average molecular weight is 363 g/mol. The summed E-state index contributed by atoms with van der Waals surface area (Å²) < 4.78 is 32.0. The molecule has 8 N–H and O–H groups in total. The SMILES string of the molecule is Cl.N.N.[O]=[Mo](=[O])([OH])[OH].[Zn].[Zn]. The molecule has 0 aromatic carbocycles. The van der Waals surface area contributed by atoms with E-state index in [0.29, 0.717) is 0 Å². The van der Waals surface area contributed by atoms with Gasteiger partial charge >= 0.3 is 31.1 Å². The molecule has 60 valence electrons. The minimum atomic E-state index is -5.52. The standard InChI is InChI=1S/ClH.Mo.2H3N.2H2O.2O.2Zn/h1H;;2*1H3;2*1H2;;;;/q;+2;;;;;;;;/p-2. The average Bonchev–Trinajstić information content (AvgIpc) is 0.722. The van der Waals surface area contributed by atoms with Crippen LogP contribution in [0.2, 0.25) is 0 Å². The van der Waals surface area contributed by atoms with Crippen LogP contribution in [0.3, 0.4) is 0 Å². The summed E-state index contributed by atoms with van der Waals surface area (Å²) >= 11 is -5.52. The molecule has 0 aromatic heterocycles. The van der Waals surface area contributed by atoms with Gasteiger partial charge in [0.2, 0.25) is 0 Å². The molecule has 0 unspecified atom stereocenters. The Morgan fingerprint density at radius 3 is 0.900 bits per heavy atom. The van der Waals surface area contributed by atoms with E-state index in [1.807, 2.05) is 0 Å². The summed E-state index contributed by atoms with van der Waals surface area (Å²) in [6.45, 7) is 0. The fourth-order valence-electron chi connectivity index (χ4n) is 0. The van der Waals surface area contributed by atoms with E-state index in [-0.39, 0.29) is 63.7 Å². The molecule has 0 saturated carbocycles. The molecular formula is H9ClMoN2O4Zn2. The molecule has 0 saturated heterocycles. The van der Waals surface area contributed by atoms with Crippen molar-refractivity contribution in [2.75, 3.05) is 0 Å². The predicted molar refractivity (Wildman–Crippen MR) is 23.1 cm³/mol. The Kier molecular flexibility index (Phi) is 70.1. The molecule has 0 fully saturated rings. The van der Waals surface area contributed by atoms with Crippen LogP contribution in [0.15, 0.2) is 0 Å². The van der Waals surface area contributed by atoms with Gasteiger partial charge in [0, 0.05) is 39.0 Å². The molecular weight excluding hydrogens is 354 g/mol. The van der Waals surface area contributed by atoms with Crippen molar-refractivity contribution >= 4 is 12.4 Å². The van der Waals surface area contributed by atoms with Crippen LogP contribution in [0.5, 0.6) is 0 Å². The van der Waals surface area contributed by atoms with E-state index in [0.717, 1.165) is 0 Å². The molecule has 0 aliphatic carbocycles. The topological polar surface area (TPSA) is 145 Å². The van der Waals surface area contributed by atoms with Gasteiger partial charge in [-0.2, -0.15) is 0 Å². The van der Waals surface area contributed by atoms with Gasteiger partial charge in [-0.3, -0.25) is 0 Å². The Balaban J connectivity index is -0.00000000800. The number of hydrogen-bond acceptors (Lipinski definition) is 4. The van der Waals surface area contributed by atoms with Crippen LogP contribution < -0.4 is 12.3 Å². The second-order valence-corrected chi connectivity index (χ2v) is 2.65. The van der Waals surface area contributed by atoms with Crippen molar-refractivity contribution in [1.29, 1.82) is 0 Å². The molecule has 10 heteroatoms. The zero-order valence-corrected chi connectivity index (χ0v) is 14.1. The first-order valence-electron chi connectivity index (χ1n) is 0.698. The quantitative estimate of drug-likeness (QED) is 0.423. The van der Waals surface area contributed by atoms with Gasteiger partial charge in [0.15, 0.2) is 0 Å². The molecule has 0 spiro atoms. The van der Waals surface area contributed by atoms with Crippen LogP contribution in [0, 0.1) is 0 Å². The van der Waals surface area contributed by atoms with E-state index in [4.69, 9.17) is 14.3 Å². The largest absolute Gasteiger partial charge is 0 e. The summed E-state index contributed by atoms with van der Waals surface area (Å²) in [4.78, 5) is 0. The van der Waals surface area contributed by atoms with E-state index >= 15 is 0 Å². The van der Waals surface area contributed by atoms with Gasteiger partial charge in [-0.05, 0) is 0 Å². The van der Waals surface area contributed by atoms with Gasteiger partial charge in [0.05, 0.1) is 0 Å². The predicted octanol–water partition coefficient (Wildman–Crippen LogP) is -0.613. The van der Waals surface area contributed by atoms with Gasteiger partial charge in [0.1, 0.15) is 0 Å². The third-order valence-corrected chi connectivity index (χ3v) is 0. The molecule has 10 heavy (non-hydrogen) atoms. The maximum atomic E-state index is 8.85. The van der Waals surface area contributed by atoms with E-state index in [1.54, 1.807) is 0 Å². The van der Waals surface area contributed by atoms with Crippen molar-refractivity contribution in [3.8, 4) is 0 Å². The first-order chi connectivity index (χ1) is 2.00. The first kappa shape index (κ1) is 41.3. The Morgan fingerprint density at radius 2 is 0.900 bits per heavy atom. The van der Waals surface area contributed by atoms with Crippen LogP contribution in [0.25, 0.3) is 0 Å². The Morgan fingerprint density at radius 1 is 0.900 bits per heavy atom. The molecule has 0 bridgehead atoms. The van der Waals surface area contributed by atoms with Gasteiger partial charge in [-0.15, -0.1) is 12.4 Å². The summed E-state index contributed by atoms with van der Waals surface area (Å²) in [5.41, 5.74) is 0. The molecule has 0 aliphatic rings. The molecule has 0 heterocycles. The van der Waals surface area contributed by atoms with Crippen LogP contribution in [0.1, 0.15) is 0 Å². The Bertz CT molecular complexity index is 104. The van der Waals surface area contributed by atoms with Crippen molar-refractivity contribution in [2.24, 2.45) is 0 Å². The second-order valence-electron chi connectivity index (χ2n) is 0.448. The molecule has 0 aliphatic heterocycles. The molecule has 0 rings (SSSR count). The number of rotatable bonds is 0. The second kappa shape index (κ2) is 17.0. The summed E-state index contributed by atoms with van der Waals surface area (Å²) in [5, 5.41) is 0. The van der Waals surface area contributed by atoms with E-state index < -0.39 is 16.7 Å². The Hall–Kier alpha value is 1.67. The van der Waals surface area contributed by atoms with Gasteiger partial charge in [-0.25, -0.2) is 0 Å². The van der Waals surface area contributed by atoms with Crippen molar-refractivity contribution in [3.05, 3.63) is 0 Å². The van der Waals surface area contributed by atoms with Crippen LogP contribution in [-0.4, -0.2) is 7.52 Å². The summed E-state index contributed by atoms with van der Waals surface area (Å²) in [6.07, 6.45) is 0. The third kappa shape index (κ3) is 262. The number of hydrogen-bond donors (Lipinski definition) is 4. The van der Waals surface area contributed by atoms with E-state index in [1.165, 1.54) is 0 Å². The maximum Gasteiger partial charge on any atom is 0 e. The first-order valence-corrected chi connectivity index (χ1v) is 4.13. The summed E-state index contributed by atoms with van der Waals surface area (Å²) in [7, 11) is 0. The van der Waals surface area contributed by atoms with Crippen LogP contribution >= 0.6 is 12.4 Å². The maximum absolute atomic E-state index is 8.85. The zero-order valence-electron chi connectivity index (χ0n) is 5.36. The van der Waals surface area contributed by atoms with E-state index in [9.17, 15) is 0 Å². The van der Waals surface area contributed by atoms with Gasteiger partial charge in [0.25, 0.3) is 0 Å². The summed E-state index contributed by atoms with van der Waals surface area (Å²) in [6, 6.07) is 0. The Labute approximate surface area is 94.0 Å². The van der Waals surface area contributed by atoms with Crippen molar-refractivity contribution in [1.82, 2.24) is 12.3 Å². The van der Waals surface area contributed by atoms with Crippen molar-refractivity contribution < 1.29 is 70.0 Å². The van der Waals surface area contributed by atoms with Gasteiger partial charge < -0.3 is 12.3 Å². The zero-order chi connectivity index (χ0) is 4.50. The summed E-state index contributed by atoms with van der Waals surface area (Å²) in [5.74, 6) is 0. The van der Waals surface area contributed by atoms with Crippen LogP contribution in [-0.2, 0) is 62.5 Å². The van der Waals surface area contributed by atoms with Crippen molar-refractivity contribution in [3.63, 3.8) is 0 Å². The fraction of sp³-hybridized carbons (Fsp3) is 0. The number of halogens is 1. The van der Waals surface area contributed by atoms with Crippen molar-refractivity contribution in [2.45, 2.75) is 0 Å². The normalized spacial score (nSPS) is 5.80. The van der Waals surface area contributed by atoms with E-state index in [2.05, 4.69) is 0 Å². The fourth-order valence-corrected chi connectivity index (χ4v) is 0. The molecule has 0 atom stereocenters. The molecule has 0 aromatic rings. The van der Waals surface area contributed by atoms with Gasteiger partial charge in [-0.1, -0.05) is 0 Å². The van der Waals surface area contributed by atoms with Crippen LogP contribution in [0.4, 0.5) is 0 Å². The molecule has 6 nitrogen and oxygen atoms in total. The minimum Gasteiger partial charge on any atom is 0 e.